The van der Waals surface area contributed by atoms with E-state index in [0.717, 1.165) is 47.2 Å². The number of benzene rings is 1. The summed E-state index contributed by atoms with van der Waals surface area (Å²) in [5, 5.41) is 7.69. The number of carbonyl (C=O) groups excluding carboxylic acids is 1. The number of rotatable bonds is 5. The Bertz CT molecular complexity index is 1160. The number of aromatic nitrogens is 3. The number of carbonyl (C=O) groups is 1. The van der Waals surface area contributed by atoms with Crippen LogP contribution in [0.5, 0.6) is 0 Å². The Morgan fingerprint density at radius 2 is 1.88 bits per heavy atom. The van der Waals surface area contributed by atoms with Crippen molar-refractivity contribution in [2.75, 3.05) is 30.9 Å². The minimum atomic E-state index is -0.123. The van der Waals surface area contributed by atoms with Crippen molar-refractivity contribution in [1.82, 2.24) is 19.6 Å². The largest absolute Gasteiger partial charge is 0.378 e. The molecular formula is C25H32N6O2. The molecule has 5 rings (SSSR count). The maximum Gasteiger partial charge on any atom is 0.276 e. The molecule has 1 N–H and O–H groups in total. The number of anilines is 2. The SMILES string of the molecule is CN(C)c1ccc(-c2nc3n(c2NC(C)(C)C)CCN(C(=O)c2cc(C4CC4)on2)C3)cc1. The summed E-state index contributed by atoms with van der Waals surface area (Å²) in [5.41, 5.74) is 3.38. The summed E-state index contributed by atoms with van der Waals surface area (Å²) in [6, 6.07) is 10.2. The van der Waals surface area contributed by atoms with Crippen molar-refractivity contribution in [1.29, 1.82) is 0 Å². The van der Waals surface area contributed by atoms with E-state index in [4.69, 9.17) is 9.51 Å². The number of fused-ring (bicyclic) bond motifs is 1. The summed E-state index contributed by atoms with van der Waals surface area (Å²) in [7, 11) is 4.07. The molecule has 2 aromatic heterocycles. The maximum atomic E-state index is 13.1. The molecule has 8 nitrogen and oxygen atoms in total. The summed E-state index contributed by atoms with van der Waals surface area (Å²) in [6.07, 6.45) is 2.23. The van der Waals surface area contributed by atoms with Crippen molar-refractivity contribution in [2.24, 2.45) is 0 Å². The highest BCUT2D eigenvalue weighted by atomic mass is 16.5. The van der Waals surface area contributed by atoms with Crippen LogP contribution in [0.4, 0.5) is 11.5 Å². The third-order valence-electron chi connectivity index (χ3n) is 6.14. The fraction of sp³-hybridized carbons (Fsp3) is 0.480. The smallest absolute Gasteiger partial charge is 0.276 e. The highest BCUT2D eigenvalue weighted by Crippen LogP contribution is 2.40. The Kier molecular flexibility index (Phi) is 5.18. The van der Waals surface area contributed by atoms with Crippen molar-refractivity contribution in [3.8, 4) is 11.3 Å². The van der Waals surface area contributed by atoms with E-state index >= 15 is 0 Å². The molecule has 3 aromatic rings. The van der Waals surface area contributed by atoms with Gasteiger partial charge in [0.05, 0.1) is 6.54 Å². The van der Waals surface area contributed by atoms with E-state index in [0.29, 0.717) is 31.2 Å². The van der Waals surface area contributed by atoms with Gasteiger partial charge in [0, 0.05) is 56.0 Å². The van der Waals surface area contributed by atoms with Crippen molar-refractivity contribution >= 4 is 17.4 Å². The second-order valence-corrected chi connectivity index (χ2v) is 10.3. The average molecular weight is 449 g/mol. The predicted octanol–water partition coefficient (Wildman–Crippen LogP) is 4.35. The molecule has 8 heteroatoms. The number of nitrogens with zero attached hydrogens (tertiary/aromatic N) is 5. The van der Waals surface area contributed by atoms with Crippen molar-refractivity contribution < 1.29 is 9.32 Å². The zero-order chi connectivity index (χ0) is 23.3. The Morgan fingerprint density at radius 3 is 2.52 bits per heavy atom. The van der Waals surface area contributed by atoms with Crippen molar-refractivity contribution in [3.63, 3.8) is 0 Å². The number of hydrogen-bond donors (Lipinski definition) is 1. The van der Waals surface area contributed by atoms with E-state index in [1.54, 1.807) is 0 Å². The summed E-state index contributed by atoms with van der Waals surface area (Å²) >= 11 is 0. The molecule has 0 bridgehead atoms. The van der Waals surface area contributed by atoms with Crippen LogP contribution < -0.4 is 10.2 Å². The lowest BCUT2D eigenvalue weighted by molar-refractivity contribution is 0.0697. The molecule has 0 radical (unpaired) electrons. The normalized spacial score (nSPS) is 16.0. The van der Waals surface area contributed by atoms with Gasteiger partial charge in [-0.2, -0.15) is 0 Å². The van der Waals surface area contributed by atoms with Gasteiger partial charge in [0.15, 0.2) is 5.69 Å². The number of hydrogen-bond acceptors (Lipinski definition) is 6. The van der Waals surface area contributed by atoms with E-state index in [2.05, 4.69) is 65.0 Å². The molecule has 1 aliphatic carbocycles. The molecule has 1 fully saturated rings. The lowest BCUT2D eigenvalue weighted by Crippen LogP contribution is -2.39. The van der Waals surface area contributed by atoms with E-state index in [1.165, 1.54) is 0 Å². The molecule has 174 valence electrons. The zero-order valence-electron chi connectivity index (χ0n) is 20.1. The minimum Gasteiger partial charge on any atom is -0.378 e. The van der Waals surface area contributed by atoms with Crippen molar-refractivity contribution in [3.05, 3.63) is 47.6 Å². The maximum absolute atomic E-state index is 13.1. The van der Waals surface area contributed by atoms with E-state index in [-0.39, 0.29) is 11.4 Å². The van der Waals surface area contributed by atoms with Crippen LogP contribution in [0.2, 0.25) is 0 Å². The van der Waals surface area contributed by atoms with E-state index < -0.39 is 0 Å². The van der Waals surface area contributed by atoms with Crippen LogP contribution in [0.25, 0.3) is 11.3 Å². The third kappa shape index (κ3) is 4.34. The van der Waals surface area contributed by atoms with Gasteiger partial charge in [0.25, 0.3) is 5.91 Å². The van der Waals surface area contributed by atoms with Crippen LogP contribution in [0.1, 0.15) is 61.6 Å². The van der Waals surface area contributed by atoms with Gasteiger partial charge < -0.3 is 24.2 Å². The summed E-state index contributed by atoms with van der Waals surface area (Å²) < 4.78 is 7.61. The van der Waals surface area contributed by atoms with Gasteiger partial charge in [-0.15, -0.1) is 0 Å². The van der Waals surface area contributed by atoms with Crippen LogP contribution >= 0.6 is 0 Å². The molecular weight excluding hydrogens is 416 g/mol. The lowest BCUT2D eigenvalue weighted by Gasteiger charge is -2.30. The molecule has 0 unspecified atom stereocenters. The molecule has 3 heterocycles. The topological polar surface area (TPSA) is 79.4 Å². The summed E-state index contributed by atoms with van der Waals surface area (Å²) in [4.78, 5) is 22.0. The number of amides is 1. The van der Waals surface area contributed by atoms with Gasteiger partial charge in [0.1, 0.15) is 23.1 Å². The summed E-state index contributed by atoms with van der Waals surface area (Å²) in [5.74, 6) is 3.05. The van der Waals surface area contributed by atoms with Gasteiger partial charge in [-0.25, -0.2) is 4.98 Å². The van der Waals surface area contributed by atoms with Crippen LogP contribution in [0, 0.1) is 0 Å². The Balaban J connectivity index is 1.45. The van der Waals surface area contributed by atoms with Crippen LogP contribution in [-0.2, 0) is 13.1 Å². The van der Waals surface area contributed by atoms with E-state index in [1.807, 2.05) is 25.1 Å². The predicted molar refractivity (Wildman–Crippen MR) is 129 cm³/mol. The number of nitrogens with one attached hydrogen (secondary N) is 1. The second kappa shape index (κ2) is 7.93. The molecule has 33 heavy (non-hydrogen) atoms. The molecule has 0 spiro atoms. The van der Waals surface area contributed by atoms with Gasteiger partial charge >= 0.3 is 0 Å². The molecule has 1 saturated carbocycles. The Morgan fingerprint density at radius 1 is 1.15 bits per heavy atom. The van der Waals surface area contributed by atoms with Crippen LogP contribution in [-0.4, -0.2) is 51.7 Å². The molecule has 1 amide bonds. The first-order valence-electron chi connectivity index (χ1n) is 11.6. The fourth-order valence-corrected chi connectivity index (χ4v) is 4.22. The lowest BCUT2D eigenvalue weighted by atomic mass is 10.1. The molecule has 0 saturated heterocycles. The van der Waals surface area contributed by atoms with Crippen LogP contribution in [0.3, 0.4) is 0 Å². The Labute approximate surface area is 194 Å². The first kappa shape index (κ1) is 21.6. The average Bonchev–Trinajstić information content (AvgIpc) is 3.40. The first-order valence-corrected chi connectivity index (χ1v) is 11.6. The Hall–Kier alpha value is -3.29. The van der Waals surface area contributed by atoms with Gasteiger partial charge in [-0.3, -0.25) is 4.79 Å². The molecule has 0 atom stereocenters. The van der Waals surface area contributed by atoms with Gasteiger partial charge in [-0.1, -0.05) is 17.3 Å². The highest BCUT2D eigenvalue weighted by Gasteiger charge is 2.32. The molecule has 2 aliphatic rings. The highest BCUT2D eigenvalue weighted by molar-refractivity contribution is 5.92. The zero-order valence-corrected chi connectivity index (χ0v) is 20.1. The minimum absolute atomic E-state index is 0.0953. The summed E-state index contributed by atoms with van der Waals surface area (Å²) in [6.45, 7) is 8.16. The fourth-order valence-electron chi connectivity index (χ4n) is 4.22. The van der Waals surface area contributed by atoms with Gasteiger partial charge in [0.2, 0.25) is 0 Å². The second-order valence-electron chi connectivity index (χ2n) is 10.3. The third-order valence-corrected chi connectivity index (χ3v) is 6.14. The van der Waals surface area contributed by atoms with Crippen LogP contribution in [0.15, 0.2) is 34.9 Å². The standard InChI is InChI=1S/C25H32N6O2/c1-25(2,3)27-23-22(17-8-10-18(11-9-17)29(4)5)26-21-15-30(12-13-31(21)23)24(32)19-14-20(33-28-19)16-6-7-16/h8-11,14,16,27H,6-7,12-13,15H2,1-5H3. The van der Waals surface area contributed by atoms with E-state index in [9.17, 15) is 4.79 Å². The van der Waals surface area contributed by atoms with Crippen molar-refractivity contribution in [2.45, 2.75) is 58.2 Å². The van der Waals surface area contributed by atoms with Gasteiger partial charge in [-0.05, 0) is 45.7 Å². The quantitative estimate of drug-likeness (QED) is 0.625. The molecule has 1 aromatic carbocycles. The molecule has 1 aliphatic heterocycles. The number of imidazole rings is 1. The first-order chi connectivity index (χ1) is 15.7. The monoisotopic (exact) mass is 448 g/mol.